The molecule has 33 heavy (non-hydrogen) atoms. The number of rotatable bonds is 8. The van der Waals surface area contributed by atoms with Crippen molar-refractivity contribution in [3.63, 3.8) is 0 Å². The molecule has 0 fully saturated rings. The quantitative estimate of drug-likeness (QED) is 0.274. The fraction of sp³-hybridized carbons (Fsp3) is 0.0370. The van der Waals surface area contributed by atoms with Crippen molar-refractivity contribution in [2.24, 2.45) is 0 Å². The number of anilines is 1. The fourth-order valence-corrected chi connectivity index (χ4v) is 3.44. The lowest BCUT2D eigenvalue weighted by Crippen LogP contribution is -2.11. The highest BCUT2D eigenvalue weighted by Crippen LogP contribution is 2.20. The summed E-state index contributed by atoms with van der Waals surface area (Å²) in [6.45, 7) is 4.60. The van der Waals surface area contributed by atoms with E-state index in [-0.39, 0.29) is 5.91 Å². The number of nitrogens with one attached hydrogen (secondary N) is 3. The van der Waals surface area contributed by atoms with Crippen LogP contribution in [0.25, 0.3) is 17.5 Å². The second-order valence-corrected chi connectivity index (χ2v) is 7.81. The van der Waals surface area contributed by atoms with Crippen LogP contribution < -0.4 is 10.6 Å². The second-order valence-electron chi connectivity index (χ2n) is 7.37. The van der Waals surface area contributed by atoms with Crippen molar-refractivity contribution in [1.82, 2.24) is 15.3 Å². The number of carbonyl (C=O) groups excluding carboxylic acids is 1. The van der Waals surface area contributed by atoms with Gasteiger partial charge in [0.2, 0.25) is 0 Å². The SMILES string of the molecule is C=C/C(=C\c1cnc(-c2ccc(NC(=O)c3cccc(Cl)c3)cc2)[nH]1)NCc1ccccc1. The summed E-state index contributed by atoms with van der Waals surface area (Å²) in [7, 11) is 0. The maximum atomic E-state index is 12.4. The van der Waals surface area contributed by atoms with Gasteiger partial charge in [-0.05, 0) is 60.2 Å². The predicted molar refractivity (Wildman–Crippen MR) is 135 cm³/mol. The lowest BCUT2D eigenvalue weighted by Gasteiger charge is -2.07. The van der Waals surface area contributed by atoms with Gasteiger partial charge in [-0.15, -0.1) is 0 Å². The molecule has 0 spiro atoms. The predicted octanol–water partition coefficient (Wildman–Crippen LogP) is 6.30. The van der Waals surface area contributed by atoms with Gasteiger partial charge in [0.1, 0.15) is 5.82 Å². The maximum Gasteiger partial charge on any atom is 0.255 e. The third-order valence-electron chi connectivity index (χ3n) is 4.97. The number of aromatic amines is 1. The Hall–Kier alpha value is -4.09. The van der Waals surface area contributed by atoms with Crippen molar-refractivity contribution in [3.05, 3.63) is 125 Å². The van der Waals surface area contributed by atoms with Gasteiger partial charge in [-0.3, -0.25) is 4.79 Å². The molecule has 0 saturated heterocycles. The average Bonchev–Trinajstić information content (AvgIpc) is 3.31. The molecule has 0 unspecified atom stereocenters. The zero-order chi connectivity index (χ0) is 23.0. The van der Waals surface area contributed by atoms with Gasteiger partial charge in [0.15, 0.2) is 0 Å². The van der Waals surface area contributed by atoms with E-state index < -0.39 is 0 Å². The van der Waals surface area contributed by atoms with Gasteiger partial charge in [0.25, 0.3) is 5.91 Å². The summed E-state index contributed by atoms with van der Waals surface area (Å²) in [5, 5.41) is 6.77. The smallest absolute Gasteiger partial charge is 0.255 e. The Balaban J connectivity index is 1.41. The average molecular weight is 455 g/mol. The van der Waals surface area contributed by atoms with Gasteiger partial charge in [-0.1, -0.05) is 54.6 Å². The number of hydrogen-bond donors (Lipinski definition) is 3. The van der Waals surface area contributed by atoms with Crippen molar-refractivity contribution in [1.29, 1.82) is 0 Å². The first-order valence-electron chi connectivity index (χ1n) is 10.4. The van der Waals surface area contributed by atoms with Gasteiger partial charge in [0, 0.05) is 34.1 Å². The van der Waals surface area contributed by atoms with Crippen LogP contribution in [0.15, 0.2) is 103 Å². The van der Waals surface area contributed by atoms with E-state index in [0.717, 1.165) is 22.8 Å². The Kier molecular flexibility index (Phi) is 7.03. The van der Waals surface area contributed by atoms with E-state index in [0.29, 0.717) is 22.8 Å². The molecule has 0 radical (unpaired) electrons. The van der Waals surface area contributed by atoms with Crippen molar-refractivity contribution >= 4 is 29.3 Å². The van der Waals surface area contributed by atoms with Gasteiger partial charge in [-0.25, -0.2) is 4.98 Å². The minimum Gasteiger partial charge on any atom is -0.381 e. The van der Waals surface area contributed by atoms with E-state index >= 15 is 0 Å². The zero-order valence-corrected chi connectivity index (χ0v) is 18.6. The number of aromatic nitrogens is 2. The lowest BCUT2D eigenvalue weighted by molar-refractivity contribution is 0.102. The van der Waals surface area contributed by atoms with Crippen LogP contribution in [0.4, 0.5) is 5.69 Å². The van der Waals surface area contributed by atoms with E-state index in [2.05, 4.69) is 39.3 Å². The van der Waals surface area contributed by atoms with Crippen LogP contribution in [-0.4, -0.2) is 15.9 Å². The summed E-state index contributed by atoms with van der Waals surface area (Å²) < 4.78 is 0. The summed E-state index contributed by atoms with van der Waals surface area (Å²) in [6, 6.07) is 24.5. The highest BCUT2D eigenvalue weighted by Gasteiger charge is 2.08. The highest BCUT2D eigenvalue weighted by atomic mass is 35.5. The summed E-state index contributed by atoms with van der Waals surface area (Å²) in [5.74, 6) is 0.524. The Labute approximate surface area is 197 Å². The Morgan fingerprint density at radius 2 is 1.82 bits per heavy atom. The standard InChI is InChI=1S/C27H23ClN4O/c1-2-23(29-17-19-7-4-3-5-8-19)16-25-18-30-26(31-25)20-11-13-24(14-12-20)32-27(33)21-9-6-10-22(28)15-21/h2-16,18,29H,1,17H2,(H,30,31)(H,32,33)/b23-16+. The Morgan fingerprint density at radius 3 is 2.55 bits per heavy atom. The molecule has 0 bridgehead atoms. The molecule has 3 N–H and O–H groups in total. The molecule has 1 aromatic heterocycles. The van der Waals surface area contributed by atoms with Gasteiger partial charge >= 0.3 is 0 Å². The number of imidazole rings is 1. The van der Waals surface area contributed by atoms with Crippen LogP contribution in [0, 0.1) is 0 Å². The maximum absolute atomic E-state index is 12.4. The molecule has 1 amide bonds. The molecule has 0 aliphatic carbocycles. The zero-order valence-electron chi connectivity index (χ0n) is 17.9. The molecule has 6 heteroatoms. The lowest BCUT2D eigenvalue weighted by atomic mass is 10.1. The number of hydrogen-bond acceptors (Lipinski definition) is 3. The van der Waals surface area contributed by atoms with Gasteiger partial charge in [0.05, 0.1) is 11.9 Å². The van der Waals surface area contributed by atoms with E-state index in [1.165, 1.54) is 5.56 Å². The molecule has 4 rings (SSSR count). The third kappa shape index (κ3) is 5.99. The molecular weight excluding hydrogens is 432 g/mol. The van der Waals surface area contributed by atoms with Crippen LogP contribution in [0.3, 0.4) is 0 Å². The van der Waals surface area contributed by atoms with Crippen LogP contribution in [0.5, 0.6) is 0 Å². The van der Waals surface area contributed by atoms with E-state index in [1.54, 1.807) is 36.5 Å². The normalized spacial score (nSPS) is 11.1. The molecule has 5 nitrogen and oxygen atoms in total. The van der Waals surface area contributed by atoms with E-state index in [1.807, 2.05) is 48.5 Å². The summed E-state index contributed by atoms with van der Waals surface area (Å²) in [5.41, 5.74) is 5.06. The second kappa shape index (κ2) is 10.5. The number of allylic oxidation sites excluding steroid dienone is 1. The molecule has 0 atom stereocenters. The van der Waals surface area contributed by atoms with Crippen LogP contribution >= 0.6 is 11.6 Å². The first kappa shape index (κ1) is 22.1. The van der Waals surface area contributed by atoms with Gasteiger partial charge in [-0.2, -0.15) is 0 Å². The molecule has 0 aliphatic heterocycles. The number of amides is 1. The Bertz CT molecular complexity index is 1280. The van der Waals surface area contributed by atoms with Crippen molar-refractivity contribution in [3.8, 4) is 11.4 Å². The molecule has 0 saturated carbocycles. The van der Waals surface area contributed by atoms with Crippen molar-refractivity contribution in [2.45, 2.75) is 6.54 Å². The monoisotopic (exact) mass is 454 g/mol. The number of halogens is 1. The third-order valence-corrected chi connectivity index (χ3v) is 5.20. The summed E-state index contributed by atoms with van der Waals surface area (Å²) in [6.07, 6.45) is 5.52. The summed E-state index contributed by atoms with van der Waals surface area (Å²) >= 11 is 5.96. The topological polar surface area (TPSA) is 69.8 Å². The van der Waals surface area contributed by atoms with Crippen molar-refractivity contribution in [2.75, 3.05) is 5.32 Å². The van der Waals surface area contributed by atoms with Crippen LogP contribution in [0.2, 0.25) is 5.02 Å². The molecule has 1 heterocycles. The van der Waals surface area contributed by atoms with Crippen molar-refractivity contribution < 1.29 is 4.79 Å². The fourth-order valence-electron chi connectivity index (χ4n) is 3.25. The first-order valence-corrected chi connectivity index (χ1v) is 10.8. The molecule has 3 aromatic carbocycles. The largest absolute Gasteiger partial charge is 0.381 e. The minimum atomic E-state index is -0.212. The molecule has 0 aliphatic rings. The number of nitrogens with zero attached hydrogens (tertiary/aromatic N) is 1. The summed E-state index contributed by atoms with van der Waals surface area (Å²) in [4.78, 5) is 20.2. The highest BCUT2D eigenvalue weighted by molar-refractivity contribution is 6.31. The Morgan fingerprint density at radius 1 is 1.03 bits per heavy atom. The molecule has 164 valence electrons. The number of benzene rings is 3. The minimum absolute atomic E-state index is 0.212. The van der Waals surface area contributed by atoms with E-state index in [4.69, 9.17) is 11.6 Å². The first-order chi connectivity index (χ1) is 16.1. The molecular formula is C27H23ClN4O. The van der Waals surface area contributed by atoms with E-state index in [9.17, 15) is 4.79 Å². The number of H-pyrrole nitrogens is 1. The van der Waals surface area contributed by atoms with Gasteiger partial charge < -0.3 is 15.6 Å². The number of carbonyl (C=O) groups is 1. The molecule has 4 aromatic rings. The van der Waals surface area contributed by atoms with Crippen LogP contribution in [-0.2, 0) is 6.54 Å². The van der Waals surface area contributed by atoms with Crippen LogP contribution in [0.1, 0.15) is 21.6 Å².